The summed E-state index contributed by atoms with van der Waals surface area (Å²) in [5.41, 5.74) is 0. The Kier molecular flexibility index (Phi) is 3.64. The molecule has 2 aliphatic rings. The summed E-state index contributed by atoms with van der Waals surface area (Å²) in [6.07, 6.45) is 7.62. The first-order valence-electron chi connectivity index (χ1n) is 7.13. The van der Waals surface area contributed by atoms with Gasteiger partial charge in [0.2, 0.25) is 0 Å². The molecule has 0 radical (unpaired) electrons. The quantitative estimate of drug-likeness (QED) is 0.912. The third-order valence-electron chi connectivity index (χ3n) is 4.37. The van der Waals surface area contributed by atoms with Gasteiger partial charge in [-0.3, -0.25) is 4.79 Å². The van der Waals surface area contributed by atoms with Crippen molar-refractivity contribution in [2.75, 3.05) is 6.54 Å². The zero-order valence-electron chi connectivity index (χ0n) is 11.3. The molecule has 3 rings (SSSR count). The SMILES string of the molecule is O=C1CCCC1C1CCCCN1S(=O)(=O)c1cnc[nH]1. The fourth-order valence-electron chi connectivity index (χ4n) is 3.39. The van der Waals surface area contributed by atoms with E-state index in [-0.39, 0.29) is 22.8 Å². The largest absolute Gasteiger partial charge is 0.335 e. The van der Waals surface area contributed by atoms with Crippen molar-refractivity contribution in [1.82, 2.24) is 14.3 Å². The van der Waals surface area contributed by atoms with Gasteiger partial charge in [0.1, 0.15) is 5.78 Å². The van der Waals surface area contributed by atoms with Crippen LogP contribution in [0.15, 0.2) is 17.6 Å². The summed E-state index contributed by atoms with van der Waals surface area (Å²) >= 11 is 0. The molecular weight excluding hydrogens is 278 g/mol. The van der Waals surface area contributed by atoms with E-state index in [1.54, 1.807) is 0 Å². The lowest BCUT2D eigenvalue weighted by Gasteiger charge is -2.37. The van der Waals surface area contributed by atoms with Crippen LogP contribution in [0.2, 0.25) is 0 Å². The molecule has 1 aromatic rings. The predicted molar refractivity (Wildman–Crippen MR) is 72.5 cm³/mol. The minimum atomic E-state index is -3.57. The number of imidazole rings is 1. The van der Waals surface area contributed by atoms with Crippen molar-refractivity contribution in [3.05, 3.63) is 12.5 Å². The number of rotatable bonds is 3. The second-order valence-corrected chi connectivity index (χ2v) is 7.42. The molecule has 0 bridgehead atoms. The molecule has 1 aliphatic carbocycles. The smallest absolute Gasteiger partial charge is 0.260 e. The van der Waals surface area contributed by atoms with Crippen LogP contribution in [0.25, 0.3) is 0 Å². The molecule has 1 aliphatic heterocycles. The number of hydrogen-bond acceptors (Lipinski definition) is 4. The lowest BCUT2D eigenvalue weighted by molar-refractivity contribution is -0.122. The minimum Gasteiger partial charge on any atom is -0.335 e. The molecular formula is C13H19N3O3S. The summed E-state index contributed by atoms with van der Waals surface area (Å²) in [7, 11) is -3.57. The van der Waals surface area contributed by atoms with Crippen LogP contribution in [-0.2, 0) is 14.8 Å². The average molecular weight is 297 g/mol. The third kappa shape index (κ3) is 2.29. The van der Waals surface area contributed by atoms with E-state index in [0.717, 1.165) is 32.1 Å². The molecule has 2 fully saturated rings. The summed E-state index contributed by atoms with van der Waals surface area (Å²) < 4.78 is 26.9. The van der Waals surface area contributed by atoms with Crippen molar-refractivity contribution in [2.45, 2.75) is 49.6 Å². The Morgan fingerprint density at radius 2 is 2.10 bits per heavy atom. The molecule has 0 spiro atoms. The first-order chi connectivity index (χ1) is 9.60. The van der Waals surface area contributed by atoms with Crippen LogP contribution in [0, 0.1) is 5.92 Å². The molecule has 6 nitrogen and oxygen atoms in total. The molecule has 1 N–H and O–H groups in total. The van der Waals surface area contributed by atoms with Gasteiger partial charge in [-0.2, -0.15) is 4.31 Å². The number of H-pyrrole nitrogens is 1. The zero-order chi connectivity index (χ0) is 14.2. The van der Waals surface area contributed by atoms with Crippen LogP contribution in [0.1, 0.15) is 38.5 Å². The molecule has 2 unspecified atom stereocenters. The monoisotopic (exact) mass is 297 g/mol. The van der Waals surface area contributed by atoms with Crippen molar-refractivity contribution in [3.63, 3.8) is 0 Å². The number of Topliss-reactive ketones (excluding diaryl/α,β-unsaturated/α-hetero) is 1. The van der Waals surface area contributed by atoms with E-state index in [4.69, 9.17) is 0 Å². The number of hydrogen-bond donors (Lipinski definition) is 1. The number of carbonyl (C=O) groups excluding carboxylic acids is 1. The second kappa shape index (κ2) is 5.29. The van der Waals surface area contributed by atoms with Gasteiger partial charge >= 0.3 is 0 Å². The van der Waals surface area contributed by atoms with Gasteiger partial charge in [0, 0.05) is 24.9 Å². The number of sulfonamides is 1. The minimum absolute atomic E-state index is 0.118. The number of nitrogens with zero attached hydrogens (tertiary/aromatic N) is 2. The number of nitrogens with one attached hydrogen (secondary N) is 1. The molecule has 0 aromatic carbocycles. The van der Waals surface area contributed by atoms with E-state index in [9.17, 15) is 13.2 Å². The maximum Gasteiger partial charge on any atom is 0.260 e. The van der Waals surface area contributed by atoms with Crippen molar-refractivity contribution < 1.29 is 13.2 Å². The molecule has 1 saturated carbocycles. The highest BCUT2D eigenvalue weighted by Gasteiger charge is 2.42. The molecule has 2 heterocycles. The molecule has 1 aromatic heterocycles. The van der Waals surface area contributed by atoms with Gasteiger partial charge in [0.05, 0.1) is 12.5 Å². The normalized spacial score (nSPS) is 28.9. The van der Waals surface area contributed by atoms with Gasteiger partial charge in [-0.1, -0.05) is 6.42 Å². The molecule has 1 saturated heterocycles. The van der Waals surface area contributed by atoms with Gasteiger partial charge in [-0.15, -0.1) is 0 Å². The maximum absolute atomic E-state index is 12.7. The van der Waals surface area contributed by atoms with E-state index in [1.165, 1.54) is 16.8 Å². The van der Waals surface area contributed by atoms with Crippen LogP contribution in [-0.4, -0.2) is 41.1 Å². The Balaban J connectivity index is 1.91. The number of ketones is 1. The zero-order valence-corrected chi connectivity index (χ0v) is 12.1. The molecule has 110 valence electrons. The highest BCUT2D eigenvalue weighted by molar-refractivity contribution is 7.89. The number of aromatic nitrogens is 2. The lowest BCUT2D eigenvalue weighted by Crippen LogP contribution is -2.48. The van der Waals surface area contributed by atoms with Crippen LogP contribution < -0.4 is 0 Å². The van der Waals surface area contributed by atoms with Crippen LogP contribution in [0.3, 0.4) is 0 Å². The molecule has 0 amide bonds. The van der Waals surface area contributed by atoms with Crippen molar-refractivity contribution in [3.8, 4) is 0 Å². The van der Waals surface area contributed by atoms with Crippen molar-refractivity contribution >= 4 is 15.8 Å². The van der Waals surface area contributed by atoms with Gasteiger partial charge < -0.3 is 4.98 Å². The Morgan fingerprint density at radius 3 is 2.75 bits per heavy atom. The highest BCUT2D eigenvalue weighted by atomic mass is 32.2. The summed E-state index contributed by atoms with van der Waals surface area (Å²) in [6, 6.07) is -0.174. The summed E-state index contributed by atoms with van der Waals surface area (Å²) in [4.78, 5) is 18.5. The lowest BCUT2D eigenvalue weighted by atomic mass is 9.90. The fraction of sp³-hybridized carbons (Fsp3) is 0.692. The third-order valence-corrected chi connectivity index (χ3v) is 6.22. The molecule has 20 heavy (non-hydrogen) atoms. The summed E-state index contributed by atoms with van der Waals surface area (Å²) in [5, 5.41) is 0.120. The maximum atomic E-state index is 12.7. The first kappa shape index (κ1) is 13.8. The van der Waals surface area contributed by atoms with Crippen LogP contribution in [0.4, 0.5) is 0 Å². The van der Waals surface area contributed by atoms with E-state index in [0.29, 0.717) is 13.0 Å². The second-order valence-electron chi connectivity index (χ2n) is 5.56. The standard InChI is InChI=1S/C13H19N3O3S/c17-12-6-3-4-10(12)11-5-1-2-7-16(11)20(18,19)13-8-14-9-15-13/h8-11H,1-7H2,(H,14,15). The number of carbonyl (C=O) groups is 1. The van der Waals surface area contributed by atoms with Gasteiger partial charge in [0.15, 0.2) is 5.03 Å². The average Bonchev–Trinajstić information content (AvgIpc) is 3.10. The Hall–Kier alpha value is -1.21. The number of aromatic amines is 1. The first-order valence-corrected chi connectivity index (χ1v) is 8.57. The topological polar surface area (TPSA) is 83.1 Å². The molecule has 7 heteroatoms. The van der Waals surface area contributed by atoms with Crippen LogP contribution >= 0.6 is 0 Å². The predicted octanol–water partition coefficient (Wildman–Crippen LogP) is 1.32. The van der Waals surface area contributed by atoms with Gasteiger partial charge in [-0.25, -0.2) is 13.4 Å². The van der Waals surface area contributed by atoms with Crippen molar-refractivity contribution in [1.29, 1.82) is 0 Å². The van der Waals surface area contributed by atoms with E-state index in [2.05, 4.69) is 9.97 Å². The summed E-state index contributed by atoms with van der Waals surface area (Å²) in [5.74, 6) is 0.106. The summed E-state index contributed by atoms with van der Waals surface area (Å²) in [6.45, 7) is 0.496. The Labute approximate surface area is 118 Å². The van der Waals surface area contributed by atoms with Crippen LogP contribution in [0.5, 0.6) is 0 Å². The fourth-order valence-corrected chi connectivity index (χ4v) is 5.02. The molecule has 2 atom stereocenters. The van der Waals surface area contributed by atoms with Crippen molar-refractivity contribution in [2.24, 2.45) is 5.92 Å². The van der Waals surface area contributed by atoms with E-state index < -0.39 is 10.0 Å². The van der Waals surface area contributed by atoms with Gasteiger partial charge in [-0.05, 0) is 25.7 Å². The number of piperidine rings is 1. The van der Waals surface area contributed by atoms with E-state index in [1.807, 2.05) is 0 Å². The highest BCUT2D eigenvalue weighted by Crippen LogP contribution is 2.35. The van der Waals surface area contributed by atoms with Gasteiger partial charge in [0.25, 0.3) is 10.0 Å². The Morgan fingerprint density at radius 1 is 1.25 bits per heavy atom. The Bertz CT molecular complexity index is 582. The van der Waals surface area contributed by atoms with E-state index >= 15 is 0 Å².